The molecule has 0 spiro atoms. The number of hydrogen-bond donors (Lipinski definition) is 0. The van der Waals surface area contributed by atoms with Crippen LogP contribution in [0.3, 0.4) is 0 Å². The lowest BCUT2D eigenvalue weighted by Gasteiger charge is -2.12. The minimum absolute atomic E-state index is 0.247. The summed E-state index contributed by atoms with van der Waals surface area (Å²) in [5.41, 5.74) is 2.57. The Labute approximate surface area is 145 Å². The first-order valence-corrected chi connectivity index (χ1v) is 8.24. The largest absolute Gasteiger partial charge is 0.294 e. The Kier molecular flexibility index (Phi) is 4.19. The molecule has 0 radical (unpaired) electrons. The minimum Gasteiger partial charge on any atom is -0.294 e. The molecule has 3 rings (SSSR count). The number of nitrogens with zero attached hydrogens (tertiary/aromatic N) is 2. The first-order chi connectivity index (χ1) is 9.99. The number of rotatable bonds is 2. The van der Waals surface area contributed by atoms with Crippen LogP contribution in [0.25, 0.3) is 16.7 Å². The lowest BCUT2D eigenvalue weighted by atomic mass is 10.2. The molecule has 0 amide bonds. The fraction of sp³-hybridized carbons (Fsp3) is 0.133. The van der Waals surface area contributed by atoms with Crippen molar-refractivity contribution >= 4 is 61.8 Å². The molecule has 0 bridgehead atoms. The van der Waals surface area contributed by atoms with E-state index >= 15 is 0 Å². The summed E-state index contributed by atoms with van der Waals surface area (Å²) in [4.78, 5) is 4.60. The Bertz CT molecular complexity index is 827. The fourth-order valence-electron chi connectivity index (χ4n) is 2.26. The molecule has 0 aliphatic heterocycles. The summed E-state index contributed by atoms with van der Waals surface area (Å²) >= 11 is 22.2. The van der Waals surface area contributed by atoms with Gasteiger partial charge >= 0.3 is 0 Å². The number of fused-ring (bicyclic) bond motifs is 1. The van der Waals surface area contributed by atoms with E-state index in [2.05, 4.69) is 20.9 Å². The van der Waals surface area contributed by atoms with Crippen LogP contribution < -0.4 is 0 Å². The van der Waals surface area contributed by atoms with Gasteiger partial charge in [-0.3, -0.25) is 4.57 Å². The van der Waals surface area contributed by atoms with Crippen molar-refractivity contribution in [2.24, 2.45) is 0 Å². The Morgan fingerprint density at radius 3 is 2.57 bits per heavy atom. The number of benzene rings is 2. The maximum absolute atomic E-state index is 6.36. The predicted molar refractivity (Wildman–Crippen MR) is 93.1 cm³/mol. The molecule has 1 aromatic heterocycles. The molecule has 0 fully saturated rings. The van der Waals surface area contributed by atoms with Crippen LogP contribution >= 0.6 is 50.7 Å². The van der Waals surface area contributed by atoms with Gasteiger partial charge < -0.3 is 0 Å². The molecule has 0 aliphatic carbocycles. The summed E-state index contributed by atoms with van der Waals surface area (Å²) in [6, 6.07) is 11.3. The van der Waals surface area contributed by atoms with E-state index in [1.807, 2.05) is 47.9 Å². The number of aromatic nitrogens is 2. The highest BCUT2D eigenvalue weighted by atomic mass is 79.9. The van der Waals surface area contributed by atoms with E-state index in [0.29, 0.717) is 10.0 Å². The second kappa shape index (κ2) is 5.81. The van der Waals surface area contributed by atoms with Crippen LogP contribution in [0.15, 0.2) is 40.9 Å². The molecule has 2 nitrogen and oxygen atoms in total. The molecular formula is C15H10BrCl3N2. The molecule has 1 heterocycles. The van der Waals surface area contributed by atoms with Gasteiger partial charge in [0.2, 0.25) is 0 Å². The standard InChI is InChI=1S/C15H10BrCl3N2/c1-8(17)15-20-13-4-2-3-12(19)14(13)21(15)9-5-6-11(18)10(16)7-9/h2-8H,1H3. The van der Waals surface area contributed by atoms with E-state index in [0.717, 1.165) is 27.0 Å². The summed E-state index contributed by atoms with van der Waals surface area (Å²) < 4.78 is 2.78. The van der Waals surface area contributed by atoms with Crippen LogP contribution in [0.5, 0.6) is 0 Å². The maximum Gasteiger partial charge on any atom is 0.132 e. The molecule has 21 heavy (non-hydrogen) atoms. The van der Waals surface area contributed by atoms with Gasteiger partial charge in [-0.25, -0.2) is 4.98 Å². The first-order valence-electron chi connectivity index (χ1n) is 6.25. The van der Waals surface area contributed by atoms with Crippen molar-refractivity contribution in [1.82, 2.24) is 9.55 Å². The maximum atomic E-state index is 6.36. The number of hydrogen-bond acceptors (Lipinski definition) is 1. The highest BCUT2D eigenvalue weighted by Gasteiger charge is 2.18. The number of halogens is 4. The van der Waals surface area contributed by atoms with Crippen LogP contribution in [0.2, 0.25) is 10.0 Å². The predicted octanol–water partition coefficient (Wildman–Crippen LogP) is 6.39. The minimum atomic E-state index is -0.247. The van der Waals surface area contributed by atoms with Gasteiger partial charge in [0.05, 0.1) is 26.5 Å². The third-order valence-electron chi connectivity index (χ3n) is 3.17. The van der Waals surface area contributed by atoms with Crippen molar-refractivity contribution in [3.05, 3.63) is 56.7 Å². The summed E-state index contributed by atoms with van der Waals surface area (Å²) in [5.74, 6) is 0.744. The lowest BCUT2D eigenvalue weighted by Crippen LogP contribution is -2.02. The molecule has 108 valence electrons. The van der Waals surface area contributed by atoms with Crippen LogP contribution in [0, 0.1) is 0 Å². The Balaban J connectivity index is 2.38. The summed E-state index contributed by atoms with van der Waals surface area (Å²) in [7, 11) is 0. The van der Waals surface area contributed by atoms with Gasteiger partial charge in [-0.15, -0.1) is 11.6 Å². The van der Waals surface area contributed by atoms with E-state index in [-0.39, 0.29) is 5.38 Å². The van der Waals surface area contributed by atoms with Crippen molar-refractivity contribution in [2.75, 3.05) is 0 Å². The van der Waals surface area contributed by atoms with Crippen molar-refractivity contribution in [2.45, 2.75) is 12.3 Å². The van der Waals surface area contributed by atoms with E-state index < -0.39 is 0 Å². The van der Waals surface area contributed by atoms with Gasteiger partial charge in [0.15, 0.2) is 0 Å². The van der Waals surface area contributed by atoms with Crippen LogP contribution in [0.1, 0.15) is 18.1 Å². The van der Waals surface area contributed by atoms with Gasteiger partial charge in [0.1, 0.15) is 5.82 Å². The summed E-state index contributed by atoms with van der Waals surface area (Å²) in [6.07, 6.45) is 0. The van der Waals surface area contributed by atoms with Crippen molar-refractivity contribution in [1.29, 1.82) is 0 Å². The average Bonchev–Trinajstić information content (AvgIpc) is 2.83. The van der Waals surface area contributed by atoms with Gasteiger partial charge in [0.25, 0.3) is 0 Å². The van der Waals surface area contributed by atoms with Gasteiger partial charge in [0, 0.05) is 10.2 Å². The van der Waals surface area contributed by atoms with Gasteiger partial charge in [-0.1, -0.05) is 29.3 Å². The van der Waals surface area contributed by atoms with Gasteiger partial charge in [-0.2, -0.15) is 0 Å². The summed E-state index contributed by atoms with van der Waals surface area (Å²) in [6.45, 7) is 1.89. The number of imidazole rings is 1. The molecule has 0 aliphatic rings. The second-order valence-electron chi connectivity index (χ2n) is 4.63. The molecule has 6 heteroatoms. The molecule has 0 N–H and O–H groups in total. The van der Waals surface area contributed by atoms with E-state index in [1.165, 1.54) is 0 Å². The molecule has 2 aromatic carbocycles. The van der Waals surface area contributed by atoms with Crippen LogP contribution in [-0.4, -0.2) is 9.55 Å². The molecule has 0 saturated carbocycles. The smallest absolute Gasteiger partial charge is 0.132 e. The normalized spacial score (nSPS) is 12.8. The van der Waals surface area contributed by atoms with Crippen molar-refractivity contribution in [3.8, 4) is 5.69 Å². The molecule has 1 unspecified atom stereocenters. The summed E-state index contributed by atoms with van der Waals surface area (Å²) in [5, 5.41) is 1.03. The topological polar surface area (TPSA) is 17.8 Å². The zero-order chi connectivity index (χ0) is 15.1. The van der Waals surface area contributed by atoms with Crippen molar-refractivity contribution in [3.63, 3.8) is 0 Å². The highest BCUT2D eigenvalue weighted by Crippen LogP contribution is 2.34. The average molecular weight is 405 g/mol. The quantitative estimate of drug-likeness (QED) is 0.452. The lowest BCUT2D eigenvalue weighted by molar-refractivity contribution is 0.882. The number of para-hydroxylation sites is 1. The molecule has 3 aromatic rings. The SMILES string of the molecule is CC(Cl)c1nc2cccc(Cl)c2n1-c1ccc(Cl)c(Br)c1. The van der Waals surface area contributed by atoms with E-state index in [4.69, 9.17) is 34.8 Å². The second-order valence-corrected chi connectivity index (χ2v) is 6.95. The zero-order valence-electron chi connectivity index (χ0n) is 10.9. The van der Waals surface area contributed by atoms with Gasteiger partial charge in [-0.05, 0) is 53.2 Å². The zero-order valence-corrected chi connectivity index (χ0v) is 14.8. The molecular weight excluding hydrogens is 394 g/mol. The van der Waals surface area contributed by atoms with Crippen LogP contribution in [-0.2, 0) is 0 Å². The monoisotopic (exact) mass is 402 g/mol. The fourth-order valence-corrected chi connectivity index (χ4v) is 3.14. The highest BCUT2D eigenvalue weighted by molar-refractivity contribution is 9.10. The number of alkyl halides is 1. The molecule has 1 atom stereocenters. The van der Waals surface area contributed by atoms with Crippen molar-refractivity contribution < 1.29 is 0 Å². The van der Waals surface area contributed by atoms with E-state index in [9.17, 15) is 0 Å². The molecule has 0 saturated heterocycles. The Hall–Kier alpha value is -0.740. The van der Waals surface area contributed by atoms with E-state index in [1.54, 1.807) is 0 Å². The Morgan fingerprint density at radius 1 is 1.14 bits per heavy atom. The Morgan fingerprint density at radius 2 is 1.90 bits per heavy atom. The first kappa shape index (κ1) is 15.2. The third-order valence-corrected chi connectivity index (χ3v) is 4.88. The third kappa shape index (κ3) is 2.68. The van der Waals surface area contributed by atoms with Crippen LogP contribution in [0.4, 0.5) is 0 Å².